The lowest BCUT2D eigenvalue weighted by atomic mass is 10.2. The second kappa shape index (κ2) is 6.02. The minimum Gasteiger partial charge on any atom is -0.382 e. The summed E-state index contributed by atoms with van der Waals surface area (Å²) in [5.74, 6) is 0. The fourth-order valence-corrected chi connectivity index (χ4v) is 0.690. The maximum atomic E-state index is 12.5. The van der Waals surface area contributed by atoms with Gasteiger partial charge in [0.2, 0.25) is 0 Å². The summed E-state index contributed by atoms with van der Waals surface area (Å²) in [7, 11) is 1.53. The number of methoxy groups -OCH3 is 1. The van der Waals surface area contributed by atoms with Crippen LogP contribution in [0.3, 0.4) is 0 Å². The third-order valence-electron chi connectivity index (χ3n) is 1.22. The Hall–Kier alpha value is -0.110. The van der Waals surface area contributed by atoms with Crippen LogP contribution in [0.2, 0.25) is 0 Å². The molecule has 0 bridgehead atoms. The lowest BCUT2D eigenvalue weighted by Gasteiger charge is -2.03. The van der Waals surface area contributed by atoms with E-state index in [2.05, 4.69) is 11.7 Å². The number of alkyl halides is 1. The highest BCUT2D eigenvalue weighted by atomic mass is 19.1. The number of hydrogen-bond donors (Lipinski definition) is 0. The molecule has 9 heavy (non-hydrogen) atoms. The number of hydrogen-bond acceptors (Lipinski definition) is 1. The highest BCUT2D eigenvalue weighted by Gasteiger charge is 2.02. The average Bonchev–Trinajstić information content (AvgIpc) is 1.85. The molecule has 56 valence electrons. The van der Waals surface area contributed by atoms with Gasteiger partial charge in [-0.15, -0.1) is 0 Å². The summed E-state index contributed by atoms with van der Waals surface area (Å²) in [5, 5.41) is 0. The van der Waals surface area contributed by atoms with Crippen molar-refractivity contribution in [3.8, 4) is 0 Å². The molecule has 0 aromatic carbocycles. The van der Waals surface area contributed by atoms with Crippen LogP contribution in [-0.2, 0) is 4.74 Å². The number of unbranched alkanes of at least 4 members (excludes halogenated alkanes) is 1. The molecule has 0 aliphatic rings. The summed E-state index contributed by atoms with van der Waals surface area (Å²) >= 11 is 0. The predicted molar refractivity (Wildman–Crippen MR) is 36.3 cm³/mol. The second-order valence-electron chi connectivity index (χ2n) is 2.19. The van der Waals surface area contributed by atoms with Crippen molar-refractivity contribution in [2.45, 2.75) is 32.4 Å². The van der Waals surface area contributed by atoms with Gasteiger partial charge in [0.25, 0.3) is 0 Å². The Morgan fingerprint density at radius 2 is 2.22 bits per heavy atom. The molecule has 1 unspecified atom stereocenters. The molecule has 0 saturated heterocycles. The van der Waals surface area contributed by atoms with Gasteiger partial charge in [-0.3, -0.25) is 0 Å². The highest BCUT2D eigenvalue weighted by molar-refractivity contribution is 4.52. The van der Waals surface area contributed by atoms with Gasteiger partial charge in [-0.1, -0.05) is 19.8 Å². The molecule has 1 atom stereocenters. The standard InChI is InChI=1S/C7H15FO/c1-3-4-5-7(8)6-9-2/h7H,3-6H2,1-2H3. The van der Waals surface area contributed by atoms with Gasteiger partial charge in [-0.05, 0) is 6.42 Å². The van der Waals surface area contributed by atoms with Crippen molar-refractivity contribution in [1.82, 2.24) is 0 Å². The first-order valence-corrected chi connectivity index (χ1v) is 3.44. The normalized spacial score (nSPS) is 13.7. The van der Waals surface area contributed by atoms with E-state index >= 15 is 0 Å². The summed E-state index contributed by atoms with van der Waals surface area (Å²) in [6.45, 7) is 2.31. The largest absolute Gasteiger partial charge is 0.382 e. The zero-order valence-corrected chi connectivity index (χ0v) is 6.19. The Bertz CT molecular complexity index is 56.9. The summed E-state index contributed by atoms with van der Waals surface area (Å²) in [4.78, 5) is 0. The van der Waals surface area contributed by atoms with Crippen LogP contribution in [0.1, 0.15) is 26.2 Å². The zero-order chi connectivity index (χ0) is 7.11. The van der Waals surface area contributed by atoms with E-state index in [1.165, 1.54) is 7.11 Å². The van der Waals surface area contributed by atoms with E-state index in [0.717, 1.165) is 12.8 Å². The Balaban J connectivity index is 2.95. The van der Waals surface area contributed by atoms with Crippen LogP contribution in [0.15, 0.2) is 0 Å². The maximum absolute atomic E-state index is 12.5. The third-order valence-corrected chi connectivity index (χ3v) is 1.22. The fraction of sp³-hybridized carbons (Fsp3) is 1.00. The lowest BCUT2D eigenvalue weighted by molar-refractivity contribution is 0.117. The molecular formula is C7H15FO. The van der Waals surface area contributed by atoms with Gasteiger partial charge >= 0.3 is 0 Å². The molecule has 0 N–H and O–H groups in total. The van der Waals surface area contributed by atoms with Gasteiger partial charge in [0, 0.05) is 7.11 Å². The first-order valence-electron chi connectivity index (χ1n) is 3.44. The Kier molecular flexibility index (Phi) is 5.94. The van der Waals surface area contributed by atoms with E-state index < -0.39 is 6.17 Å². The van der Waals surface area contributed by atoms with E-state index in [-0.39, 0.29) is 6.61 Å². The van der Waals surface area contributed by atoms with Crippen molar-refractivity contribution in [3.63, 3.8) is 0 Å². The van der Waals surface area contributed by atoms with Crippen LogP contribution >= 0.6 is 0 Å². The Morgan fingerprint density at radius 3 is 2.67 bits per heavy atom. The zero-order valence-electron chi connectivity index (χ0n) is 6.19. The SMILES string of the molecule is CCCCC(F)COC. The van der Waals surface area contributed by atoms with Crippen molar-refractivity contribution >= 4 is 0 Å². The van der Waals surface area contributed by atoms with Crippen molar-refractivity contribution in [1.29, 1.82) is 0 Å². The molecule has 0 amide bonds. The monoisotopic (exact) mass is 134 g/mol. The van der Waals surface area contributed by atoms with Gasteiger partial charge in [0.1, 0.15) is 6.17 Å². The molecule has 0 spiro atoms. The molecule has 0 rings (SSSR count). The molecule has 0 heterocycles. The Morgan fingerprint density at radius 1 is 1.56 bits per heavy atom. The minimum absolute atomic E-state index is 0.250. The smallest absolute Gasteiger partial charge is 0.123 e. The average molecular weight is 134 g/mol. The topological polar surface area (TPSA) is 9.23 Å². The van der Waals surface area contributed by atoms with Gasteiger partial charge in [-0.25, -0.2) is 4.39 Å². The van der Waals surface area contributed by atoms with E-state index in [0.29, 0.717) is 6.42 Å². The van der Waals surface area contributed by atoms with Crippen molar-refractivity contribution < 1.29 is 9.13 Å². The first kappa shape index (κ1) is 8.89. The number of rotatable bonds is 5. The molecule has 0 aromatic rings. The van der Waals surface area contributed by atoms with Crippen LogP contribution in [-0.4, -0.2) is 19.9 Å². The lowest BCUT2D eigenvalue weighted by Crippen LogP contribution is -2.07. The van der Waals surface area contributed by atoms with Crippen LogP contribution in [0.5, 0.6) is 0 Å². The van der Waals surface area contributed by atoms with E-state index in [1.54, 1.807) is 0 Å². The van der Waals surface area contributed by atoms with Gasteiger partial charge < -0.3 is 4.74 Å². The molecule has 0 aliphatic heterocycles. The minimum atomic E-state index is -0.755. The van der Waals surface area contributed by atoms with Crippen LogP contribution in [0, 0.1) is 0 Å². The third kappa shape index (κ3) is 5.77. The fourth-order valence-electron chi connectivity index (χ4n) is 0.690. The maximum Gasteiger partial charge on any atom is 0.123 e. The molecule has 0 aliphatic carbocycles. The molecule has 0 radical (unpaired) electrons. The first-order chi connectivity index (χ1) is 4.31. The van der Waals surface area contributed by atoms with E-state index in [1.807, 2.05) is 0 Å². The van der Waals surface area contributed by atoms with Gasteiger partial charge in [-0.2, -0.15) is 0 Å². The van der Waals surface area contributed by atoms with Crippen molar-refractivity contribution in [2.75, 3.05) is 13.7 Å². The molecule has 2 heteroatoms. The highest BCUT2D eigenvalue weighted by Crippen LogP contribution is 2.03. The van der Waals surface area contributed by atoms with Crippen LogP contribution in [0.4, 0.5) is 4.39 Å². The molecular weight excluding hydrogens is 119 g/mol. The van der Waals surface area contributed by atoms with Crippen molar-refractivity contribution in [3.05, 3.63) is 0 Å². The molecule has 0 fully saturated rings. The molecule has 0 saturated carbocycles. The van der Waals surface area contributed by atoms with Crippen LogP contribution in [0.25, 0.3) is 0 Å². The van der Waals surface area contributed by atoms with E-state index in [9.17, 15) is 4.39 Å². The summed E-state index contributed by atoms with van der Waals surface area (Å²) in [5.41, 5.74) is 0. The van der Waals surface area contributed by atoms with Crippen molar-refractivity contribution in [2.24, 2.45) is 0 Å². The summed E-state index contributed by atoms with van der Waals surface area (Å²) in [6, 6.07) is 0. The number of halogens is 1. The summed E-state index contributed by atoms with van der Waals surface area (Å²) in [6.07, 6.45) is 1.91. The van der Waals surface area contributed by atoms with Gasteiger partial charge in [0.05, 0.1) is 6.61 Å². The second-order valence-corrected chi connectivity index (χ2v) is 2.19. The Labute approximate surface area is 56.2 Å². The predicted octanol–water partition coefficient (Wildman–Crippen LogP) is 2.16. The number of ether oxygens (including phenoxy) is 1. The van der Waals surface area contributed by atoms with Gasteiger partial charge in [0.15, 0.2) is 0 Å². The van der Waals surface area contributed by atoms with Crippen LogP contribution < -0.4 is 0 Å². The van der Waals surface area contributed by atoms with E-state index in [4.69, 9.17) is 0 Å². The molecule has 1 nitrogen and oxygen atoms in total. The summed E-state index contributed by atoms with van der Waals surface area (Å²) < 4.78 is 17.1. The quantitative estimate of drug-likeness (QED) is 0.560. The molecule has 0 aromatic heterocycles.